The van der Waals surface area contributed by atoms with Crippen LogP contribution < -0.4 is 10.1 Å². The van der Waals surface area contributed by atoms with Crippen LogP contribution in [-0.2, 0) is 0 Å². The van der Waals surface area contributed by atoms with Gasteiger partial charge in [-0.25, -0.2) is 8.78 Å². The molecular formula is C14H8ClF4NO2. The molecule has 22 heavy (non-hydrogen) atoms. The third-order valence-corrected chi connectivity index (χ3v) is 2.83. The van der Waals surface area contributed by atoms with Gasteiger partial charge in [0.05, 0.1) is 5.02 Å². The standard InChI is InChI=1S/C14H8ClF4NO2/c15-11-6-10(1-2-12(11)22-14(18)19)20-13(21)7-3-8(16)5-9(17)4-7/h1-6,14H,(H,20,21). The van der Waals surface area contributed by atoms with E-state index in [1.165, 1.54) is 12.1 Å². The van der Waals surface area contributed by atoms with Gasteiger partial charge >= 0.3 is 6.61 Å². The first-order valence-electron chi connectivity index (χ1n) is 5.87. The summed E-state index contributed by atoms with van der Waals surface area (Å²) in [5.74, 6) is -2.84. The summed E-state index contributed by atoms with van der Waals surface area (Å²) < 4.78 is 54.4. The molecular weight excluding hydrogens is 326 g/mol. The largest absolute Gasteiger partial charge is 0.433 e. The first kappa shape index (κ1) is 16.1. The highest BCUT2D eigenvalue weighted by atomic mass is 35.5. The summed E-state index contributed by atoms with van der Waals surface area (Å²) in [6, 6.07) is 5.91. The highest BCUT2D eigenvalue weighted by Gasteiger charge is 2.12. The number of ether oxygens (including phenoxy) is 1. The topological polar surface area (TPSA) is 38.3 Å². The number of anilines is 1. The summed E-state index contributed by atoms with van der Waals surface area (Å²) in [5, 5.41) is 2.18. The Morgan fingerprint density at radius 1 is 1.09 bits per heavy atom. The highest BCUT2D eigenvalue weighted by Crippen LogP contribution is 2.29. The van der Waals surface area contributed by atoms with Crippen LogP contribution in [0.5, 0.6) is 5.75 Å². The summed E-state index contributed by atoms with van der Waals surface area (Å²) in [5.41, 5.74) is -0.0807. The average Bonchev–Trinajstić information content (AvgIpc) is 2.40. The van der Waals surface area contributed by atoms with Gasteiger partial charge in [0.2, 0.25) is 0 Å². The molecule has 0 saturated carbocycles. The Bertz CT molecular complexity index is 689. The lowest BCUT2D eigenvalue weighted by atomic mass is 10.2. The number of carbonyl (C=O) groups is 1. The lowest BCUT2D eigenvalue weighted by Crippen LogP contribution is -2.12. The maximum absolute atomic E-state index is 13.0. The van der Waals surface area contributed by atoms with E-state index >= 15 is 0 Å². The second kappa shape index (κ2) is 6.65. The van der Waals surface area contributed by atoms with Gasteiger partial charge in [-0.05, 0) is 30.3 Å². The van der Waals surface area contributed by atoms with Crippen molar-refractivity contribution < 1.29 is 27.1 Å². The molecule has 1 N–H and O–H groups in total. The molecule has 0 fully saturated rings. The number of carbonyl (C=O) groups excluding carboxylic acids is 1. The van der Waals surface area contributed by atoms with Crippen molar-refractivity contribution in [1.82, 2.24) is 0 Å². The number of rotatable bonds is 4. The molecule has 3 nitrogen and oxygen atoms in total. The van der Waals surface area contributed by atoms with Gasteiger partial charge in [-0.2, -0.15) is 8.78 Å². The SMILES string of the molecule is O=C(Nc1ccc(OC(F)F)c(Cl)c1)c1cc(F)cc(F)c1. The van der Waals surface area contributed by atoms with Gasteiger partial charge in [-0.1, -0.05) is 11.6 Å². The monoisotopic (exact) mass is 333 g/mol. The van der Waals surface area contributed by atoms with Crippen molar-refractivity contribution in [2.75, 3.05) is 5.32 Å². The zero-order valence-electron chi connectivity index (χ0n) is 10.7. The Hall–Kier alpha value is -2.28. The van der Waals surface area contributed by atoms with Crippen molar-refractivity contribution in [2.24, 2.45) is 0 Å². The summed E-state index contributed by atoms with van der Waals surface area (Å²) in [4.78, 5) is 11.9. The smallest absolute Gasteiger partial charge is 0.387 e. The van der Waals surface area contributed by atoms with E-state index in [4.69, 9.17) is 11.6 Å². The molecule has 1 amide bonds. The number of benzene rings is 2. The van der Waals surface area contributed by atoms with E-state index in [1.54, 1.807) is 0 Å². The van der Waals surface area contributed by atoms with Crippen LogP contribution in [0.2, 0.25) is 5.02 Å². The van der Waals surface area contributed by atoms with Crippen LogP contribution in [0.15, 0.2) is 36.4 Å². The minimum Gasteiger partial charge on any atom is -0.433 e. The third kappa shape index (κ3) is 4.11. The molecule has 0 atom stereocenters. The van der Waals surface area contributed by atoms with E-state index in [9.17, 15) is 22.4 Å². The van der Waals surface area contributed by atoms with Crippen molar-refractivity contribution in [3.8, 4) is 5.75 Å². The molecule has 0 aliphatic rings. The fraction of sp³-hybridized carbons (Fsp3) is 0.0714. The minimum atomic E-state index is -3.03. The maximum atomic E-state index is 13.0. The fourth-order valence-electron chi connectivity index (χ4n) is 1.66. The number of amides is 1. The van der Waals surface area contributed by atoms with E-state index in [-0.39, 0.29) is 22.0 Å². The summed E-state index contributed by atoms with van der Waals surface area (Å²) in [6.45, 7) is -3.03. The third-order valence-electron chi connectivity index (χ3n) is 2.53. The Balaban J connectivity index is 2.16. The van der Waals surface area contributed by atoms with Crippen molar-refractivity contribution in [3.63, 3.8) is 0 Å². The summed E-state index contributed by atoms with van der Waals surface area (Å²) in [7, 11) is 0. The van der Waals surface area contributed by atoms with Gasteiger partial charge in [0.25, 0.3) is 5.91 Å². The number of hydrogen-bond acceptors (Lipinski definition) is 2. The van der Waals surface area contributed by atoms with Crippen molar-refractivity contribution in [2.45, 2.75) is 6.61 Å². The average molecular weight is 334 g/mol. The predicted octanol–water partition coefficient (Wildman–Crippen LogP) is 4.47. The van der Waals surface area contributed by atoms with Crippen LogP contribution >= 0.6 is 11.6 Å². The van der Waals surface area contributed by atoms with Crippen LogP contribution in [0.1, 0.15) is 10.4 Å². The van der Waals surface area contributed by atoms with Gasteiger partial charge < -0.3 is 10.1 Å². The van der Waals surface area contributed by atoms with Crippen molar-refractivity contribution in [1.29, 1.82) is 0 Å². The van der Waals surface area contributed by atoms with Gasteiger partial charge in [0.1, 0.15) is 17.4 Å². The molecule has 0 unspecified atom stereocenters. The summed E-state index contributed by atoms with van der Waals surface area (Å²) >= 11 is 5.72. The van der Waals surface area contributed by atoms with E-state index in [1.807, 2.05) is 0 Å². The number of alkyl halides is 2. The number of hydrogen-bond donors (Lipinski definition) is 1. The molecule has 0 saturated heterocycles. The van der Waals surface area contributed by atoms with Crippen LogP contribution in [0.3, 0.4) is 0 Å². The van der Waals surface area contributed by atoms with Gasteiger partial charge in [-0.3, -0.25) is 4.79 Å². The molecule has 2 rings (SSSR count). The van der Waals surface area contributed by atoms with Crippen LogP contribution in [0.4, 0.5) is 23.2 Å². The molecule has 2 aromatic rings. The lowest BCUT2D eigenvalue weighted by molar-refractivity contribution is -0.0497. The number of halogens is 5. The Kier molecular flexibility index (Phi) is 4.87. The van der Waals surface area contributed by atoms with Crippen LogP contribution in [0.25, 0.3) is 0 Å². The second-order valence-corrected chi connectivity index (χ2v) is 4.54. The van der Waals surface area contributed by atoms with E-state index in [0.29, 0.717) is 6.07 Å². The fourth-order valence-corrected chi connectivity index (χ4v) is 1.88. The predicted molar refractivity (Wildman–Crippen MR) is 72.4 cm³/mol. The van der Waals surface area contributed by atoms with Crippen LogP contribution in [0, 0.1) is 11.6 Å². The molecule has 0 aliphatic carbocycles. The second-order valence-electron chi connectivity index (χ2n) is 4.14. The van der Waals surface area contributed by atoms with Crippen LogP contribution in [-0.4, -0.2) is 12.5 Å². The zero-order chi connectivity index (χ0) is 16.3. The first-order chi connectivity index (χ1) is 10.3. The summed E-state index contributed by atoms with van der Waals surface area (Å²) in [6.07, 6.45) is 0. The van der Waals surface area contributed by atoms with Gasteiger partial charge in [0, 0.05) is 17.3 Å². The lowest BCUT2D eigenvalue weighted by Gasteiger charge is -2.09. The Labute approximate surface area is 127 Å². The molecule has 8 heteroatoms. The Morgan fingerprint density at radius 3 is 2.27 bits per heavy atom. The molecule has 0 spiro atoms. The molecule has 0 bridgehead atoms. The van der Waals surface area contributed by atoms with E-state index in [0.717, 1.165) is 18.2 Å². The molecule has 0 radical (unpaired) electrons. The quantitative estimate of drug-likeness (QED) is 0.838. The van der Waals surface area contributed by atoms with E-state index < -0.39 is 24.2 Å². The van der Waals surface area contributed by atoms with Crippen molar-refractivity contribution in [3.05, 3.63) is 58.6 Å². The van der Waals surface area contributed by atoms with E-state index in [2.05, 4.69) is 10.1 Å². The first-order valence-corrected chi connectivity index (χ1v) is 6.25. The maximum Gasteiger partial charge on any atom is 0.387 e. The highest BCUT2D eigenvalue weighted by molar-refractivity contribution is 6.32. The van der Waals surface area contributed by atoms with Crippen molar-refractivity contribution >= 4 is 23.2 Å². The number of nitrogens with one attached hydrogen (secondary N) is 1. The normalized spacial score (nSPS) is 10.6. The minimum absolute atomic E-state index is 0.150. The molecule has 0 aromatic heterocycles. The Morgan fingerprint density at radius 2 is 1.73 bits per heavy atom. The molecule has 116 valence electrons. The van der Waals surface area contributed by atoms with Gasteiger partial charge in [0.15, 0.2) is 0 Å². The van der Waals surface area contributed by atoms with Gasteiger partial charge in [-0.15, -0.1) is 0 Å². The molecule has 2 aromatic carbocycles. The molecule has 0 heterocycles. The zero-order valence-corrected chi connectivity index (χ0v) is 11.5. The molecule has 0 aliphatic heterocycles.